The van der Waals surface area contributed by atoms with E-state index in [9.17, 15) is 13.6 Å². The van der Waals surface area contributed by atoms with Crippen molar-refractivity contribution in [2.45, 2.75) is 45.9 Å². The molecule has 0 radical (unpaired) electrons. The topological polar surface area (TPSA) is 50.4 Å². The molecule has 1 rings (SSSR count). The standard InChI is InChI=1S/C15H22F2N2O2/c1-15(2,3)19-13(20)8-9-18-10-11-6-4-5-7-12(11)21-14(16)17/h4-7,14,18H,8-10H2,1-3H3,(H,19,20). The fourth-order valence-electron chi connectivity index (χ4n) is 1.77. The van der Waals surface area contributed by atoms with E-state index in [0.717, 1.165) is 0 Å². The quantitative estimate of drug-likeness (QED) is 0.761. The van der Waals surface area contributed by atoms with Gasteiger partial charge >= 0.3 is 6.61 Å². The molecular formula is C15H22F2N2O2. The molecule has 0 heterocycles. The first-order chi connectivity index (χ1) is 9.78. The maximum absolute atomic E-state index is 12.3. The van der Waals surface area contributed by atoms with Gasteiger partial charge in [-0.2, -0.15) is 8.78 Å². The zero-order valence-corrected chi connectivity index (χ0v) is 12.6. The number of hydrogen-bond acceptors (Lipinski definition) is 3. The molecule has 2 N–H and O–H groups in total. The van der Waals surface area contributed by atoms with E-state index in [1.165, 1.54) is 6.07 Å². The highest BCUT2D eigenvalue weighted by molar-refractivity contribution is 5.76. The molecule has 0 atom stereocenters. The Bertz CT molecular complexity index is 459. The third kappa shape index (κ3) is 7.60. The van der Waals surface area contributed by atoms with Crippen LogP contribution in [0.2, 0.25) is 0 Å². The molecule has 4 nitrogen and oxygen atoms in total. The second-order valence-corrected chi connectivity index (χ2v) is 5.71. The second-order valence-electron chi connectivity index (χ2n) is 5.71. The van der Waals surface area contributed by atoms with Gasteiger partial charge < -0.3 is 15.4 Å². The van der Waals surface area contributed by atoms with Crippen molar-refractivity contribution in [3.63, 3.8) is 0 Å². The van der Waals surface area contributed by atoms with Gasteiger partial charge in [-0.05, 0) is 26.8 Å². The smallest absolute Gasteiger partial charge is 0.387 e. The third-order valence-corrected chi connectivity index (χ3v) is 2.55. The molecule has 1 amide bonds. The number of para-hydroxylation sites is 1. The Morgan fingerprint density at radius 2 is 1.95 bits per heavy atom. The minimum atomic E-state index is -2.84. The van der Waals surface area contributed by atoms with E-state index in [-0.39, 0.29) is 17.2 Å². The zero-order valence-electron chi connectivity index (χ0n) is 12.6. The van der Waals surface area contributed by atoms with Gasteiger partial charge in [0.2, 0.25) is 5.91 Å². The summed E-state index contributed by atoms with van der Waals surface area (Å²) in [7, 11) is 0. The molecule has 0 aliphatic heterocycles. The van der Waals surface area contributed by atoms with Crippen LogP contribution in [0.4, 0.5) is 8.78 Å². The number of amides is 1. The maximum atomic E-state index is 12.3. The summed E-state index contributed by atoms with van der Waals surface area (Å²) < 4.78 is 29.0. The lowest BCUT2D eigenvalue weighted by atomic mass is 10.1. The molecule has 1 aromatic rings. The van der Waals surface area contributed by atoms with Gasteiger partial charge in [0.25, 0.3) is 0 Å². The molecule has 6 heteroatoms. The van der Waals surface area contributed by atoms with E-state index in [1.807, 2.05) is 20.8 Å². The van der Waals surface area contributed by atoms with Crippen LogP contribution in [0.3, 0.4) is 0 Å². The molecule has 0 saturated carbocycles. The molecule has 0 unspecified atom stereocenters. The van der Waals surface area contributed by atoms with Crippen LogP contribution in [0, 0.1) is 0 Å². The van der Waals surface area contributed by atoms with Crippen LogP contribution < -0.4 is 15.4 Å². The van der Waals surface area contributed by atoms with Crippen molar-refractivity contribution in [1.29, 1.82) is 0 Å². The number of nitrogens with one attached hydrogen (secondary N) is 2. The largest absolute Gasteiger partial charge is 0.434 e. The van der Waals surface area contributed by atoms with Crippen LogP contribution in [-0.2, 0) is 11.3 Å². The van der Waals surface area contributed by atoms with E-state index in [0.29, 0.717) is 25.1 Å². The predicted molar refractivity (Wildman–Crippen MR) is 77.3 cm³/mol. The lowest BCUT2D eigenvalue weighted by molar-refractivity contribution is -0.122. The minimum absolute atomic E-state index is 0.0490. The highest BCUT2D eigenvalue weighted by Gasteiger charge is 2.13. The Hall–Kier alpha value is -1.69. The monoisotopic (exact) mass is 300 g/mol. The average molecular weight is 300 g/mol. The van der Waals surface area contributed by atoms with Crippen molar-refractivity contribution in [3.8, 4) is 5.75 Å². The number of halogens is 2. The van der Waals surface area contributed by atoms with E-state index < -0.39 is 6.61 Å². The van der Waals surface area contributed by atoms with Crippen molar-refractivity contribution >= 4 is 5.91 Å². The minimum Gasteiger partial charge on any atom is -0.434 e. The summed E-state index contributed by atoms with van der Waals surface area (Å²) in [6.45, 7) is 3.73. The summed E-state index contributed by atoms with van der Waals surface area (Å²) in [6.07, 6.45) is 0.329. The Morgan fingerprint density at radius 1 is 1.29 bits per heavy atom. The fraction of sp³-hybridized carbons (Fsp3) is 0.533. The van der Waals surface area contributed by atoms with E-state index in [1.54, 1.807) is 18.2 Å². The number of benzene rings is 1. The van der Waals surface area contributed by atoms with Gasteiger partial charge in [-0.15, -0.1) is 0 Å². The fourth-order valence-corrected chi connectivity index (χ4v) is 1.77. The molecular weight excluding hydrogens is 278 g/mol. The highest BCUT2D eigenvalue weighted by Crippen LogP contribution is 2.19. The summed E-state index contributed by atoms with van der Waals surface area (Å²) in [5.41, 5.74) is 0.378. The van der Waals surface area contributed by atoms with Crippen LogP contribution in [0.5, 0.6) is 5.75 Å². The third-order valence-electron chi connectivity index (χ3n) is 2.55. The number of rotatable bonds is 7. The normalized spacial score (nSPS) is 11.5. The van der Waals surface area contributed by atoms with Crippen LogP contribution in [0.15, 0.2) is 24.3 Å². The molecule has 0 bridgehead atoms. The molecule has 0 fully saturated rings. The Kier molecular flexibility index (Phi) is 6.55. The molecule has 0 saturated heterocycles. The number of alkyl halides is 2. The first kappa shape index (κ1) is 17.4. The Morgan fingerprint density at radius 3 is 2.57 bits per heavy atom. The molecule has 1 aromatic carbocycles. The van der Waals surface area contributed by atoms with E-state index >= 15 is 0 Å². The van der Waals surface area contributed by atoms with E-state index in [2.05, 4.69) is 15.4 Å². The lowest BCUT2D eigenvalue weighted by Gasteiger charge is -2.20. The summed E-state index contributed by atoms with van der Waals surface area (Å²) >= 11 is 0. The Balaban J connectivity index is 2.38. The van der Waals surface area contributed by atoms with Crippen LogP contribution in [-0.4, -0.2) is 24.6 Å². The first-order valence-corrected chi connectivity index (χ1v) is 6.82. The predicted octanol–water partition coefficient (Wildman–Crippen LogP) is 2.68. The summed E-state index contributed by atoms with van der Waals surface area (Å²) in [5.74, 6) is 0.103. The number of carbonyl (C=O) groups is 1. The average Bonchev–Trinajstić information content (AvgIpc) is 2.33. The van der Waals surface area contributed by atoms with Crippen molar-refractivity contribution < 1.29 is 18.3 Å². The van der Waals surface area contributed by atoms with Crippen LogP contribution >= 0.6 is 0 Å². The SMILES string of the molecule is CC(C)(C)NC(=O)CCNCc1ccccc1OC(F)F. The van der Waals surface area contributed by atoms with Gasteiger partial charge in [-0.3, -0.25) is 4.79 Å². The van der Waals surface area contributed by atoms with Gasteiger partial charge in [0.1, 0.15) is 5.75 Å². The molecule has 118 valence electrons. The lowest BCUT2D eigenvalue weighted by Crippen LogP contribution is -2.41. The van der Waals surface area contributed by atoms with Crippen LogP contribution in [0.25, 0.3) is 0 Å². The Labute approximate surface area is 123 Å². The second kappa shape index (κ2) is 7.93. The van der Waals surface area contributed by atoms with Gasteiger partial charge in [0, 0.05) is 30.6 Å². The highest BCUT2D eigenvalue weighted by atomic mass is 19.3. The molecule has 0 spiro atoms. The number of carbonyl (C=O) groups excluding carboxylic acids is 1. The molecule has 0 aliphatic rings. The van der Waals surface area contributed by atoms with Gasteiger partial charge in [0.05, 0.1) is 0 Å². The maximum Gasteiger partial charge on any atom is 0.387 e. The number of hydrogen-bond donors (Lipinski definition) is 2. The van der Waals surface area contributed by atoms with Crippen molar-refractivity contribution in [3.05, 3.63) is 29.8 Å². The van der Waals surface area contributed by atoms with Gasteiger partial charge in [-0.1, -0.05) is 18.2 Å². The van der Waals surface area contributed by atoms with Crippen LogP contribution in [0.1, 0.15) is 32.8 Å². The number of ether oxygens (including phenoxy) is 1. The van der Waals surface area contributed by atoms with Gasteiger partial charge in [0.15, 0.2) is 0 Å². The summed E-state index contributed by atoms with van der Waals surface area (Å²) in [5, 5.41) is 5.90. The van der Waals surface area contributed by atoms with Crippen molar-refractivity contribution in [1.82, 2.24) is 10.6 Å². The van der Waals surface area contributed by atoms with Crippen molar-refractivity contribution in [2.75, 3.05) is 6.54 Å². The zero-order chi connectivity index (χ0) is 15.9. The molecule has 0 aliphatic carbocycles. The van der Waals surface area contributed by atoms with E-state index in [4.69, 9.17) is 0 Å². The van der Waals surface area contributed by atoms with Gasteiger partial charge in [-0.25, -0.2) is 0 Å². The first-order valence-electron chi connectivity index (χ1n) is 6.82. The molecule has 0 aromatic heterocycles. The molecule has 21 heavy (non-hydrogen) atoms. The van der Waals surface area contributed by atoms with Crippen molar-refractivity contribution in [2.24, 2.45) is 0 Å². The summed E-state index contributed by atoms with van der Waals surface area (Å²) in [6, 6.07) is 6.59. The summed E-state index contributed by atoms with van der Waals surface area (Å²) in [4.78, 5) is 11.6.